The van der Waals surface area contributed by atoms with E-state index in [1.807, 2.05) is 26.8 Å². The molecule has 194 valence electrons. The summed E-state index contributed by atoms with van der Waals surface area (Å²) in [6.45, 7) is 6.65. The van der Waals surface area contributed by atoms with Crippen molar-refractivity contribution in [2.24, 2.45) is 0 Å². The summed E-state index contributed by atoms with van der Waals surface area (Å²) in [6, 6.07) is 11.7. The van der Waals surface area contributed by atoms with E-state index >= 15 is 0 Å². The largest absolute Gasteiger partial charge is 0.390 e. The highest BCUT2D eigenvalue weighted by Crippen LogP contribution is 2.43. The third kappa shape index (κ3) is 4.32. The standard InChI is InChI=1S/C29H32ClFN4O2/c1-17-27(18(2)37-33-17)19-6-9-25-24(15-19)32-28(35(25)20-10-12-29(3,36)13-11-20)26-5-4-14-34(26)21-7-8-22(30)23(31)16-21/h6-9,15-16,20,26,36H,4-5,10-14H2,1-3H3/t20-,26-,29+/m0/s1. The number of benzene rings is 2. The van der Waals surface area contributed by atoms with Gasteiger partial charge in [-0.15, -0.1) is 0 Å². The minimum absolute atomic E-state index is 0.0259. The van der Waals surface area contributed by atoms with Crippen LogP contribution in [0.3, 0.4) is 0 Å². The number of halogens is 2. The van der Waals surface area contributed by atoms with E-state index < -0.39 is 11.4 Å². The fraction of sp³-hybridized carbons (Fsp3) is 0.448. The number of aryl methyl sites for hydroxylation is 2. The van der Waals surface area contributed by atoms with Crippen LogP contribution in [0.1, 0.15) is 74.8 Å². The molecule has 8 heteroatoms. The van der Waals surface area contributed by atoms with Crippen LogP contribution in [-0.2, 0) is 0 Å². The molecule has 37 heavy (non-hydrogen) atoms. The molecule has 1 N–H and O–H groups in total. The van der Waals surface area contributed by atoms with Gasteiger partial charge in [-0.25, -0.2) is 9.37 Å². The Hall–Kier alpha value is -2.90. The molecular weight excluding hydrogens is 491 g/mol. The monoisotopic (exact) mass is 522 g/mol. The van der Waals surface area contributed by atoms with E-state index in [1.165, 1.54) is 6.07 Å². The maximum Gasteiger partial charge on any atom is 0.143 e. The van der Waals surface area contributed by atoms with Crippen molar-refractivity contribution in [1.82, 2.24) is 14.7 Å². The molecule has 1 aliphatic heterocycles. The van der Waals surface area contributed by atoms with E-state index in [-0.39, 0.29) is 17.1 Å². The maximum atomic E-state index is 14.4. The highest BCUT2D eigenvalue weighted by molar-refractivity contribution is 6.30. The first-order valence-corrected chi connectivity index (χ1v) is 13.5. The summed E-state index contributed by atoms with van der Waals surface area (Å²) in [5.41, 5.74) is 5.12. The molecule has 2 aromatic heterocycles. The zero-order valence-electron chi connectivity index (χ0n) is 21.5. The lowest BCUT2D eigenvalue weighted by atomic mass is 9.83. The summed E-state index contributed by atoms with van der Waals surface area (Å²) >= 11 is 5.98. The van der Waals surface area contributed by atoms with Crippen molar-refractivity contribution in [2.45, 2.75) is 77.0 Å². The van der Waals surface area contributed by atoms with Crippen LogP contribution >= 0.6 is 11.6 Å². The van der Waals surface area contributed by atoms with Gasteiger partial charge in [-0.2, -0.15) is 0 Å². The molecule has 6 rings (SSSR count). The third-order valence-corrected chi connectivity index (χ3v) is 8.53. The van der Waals surface area contributed by atoms with Crippen LogP contribution in [0.5, 0.6) is 0 Å². The molecular formula is C29H32ClFN4O2. The van der Waals surface area contributed by atoms with Gasteiger partial charge in [-0.1, -0.05) is 22.8 Å². The molecule has 1 aliphatic carbocycles. The zero-order chi connectivity index (χ0) is 25.9. The Morgan fingerprint density at radius 1 is 1.11 bits per heavy atom. The van der Waals surface area contributed by atoms with E-state index in [9.17, 15) is 9.50 Å². The quantitative estimate of drug-likeness (QED) is 0.304. The van der Waals surface area contributed by atoms with Crippen LogP contribution in [-0.4, -0.2) is 32.0 Å². The number of rotatable bonds is 4. The summed E-state index contributed by atoms with van der Waals surface area (Å²) < 4.78 is 22.2. The summed E-state index contributed by atoms with van der Waals surface area (Å²) in [5.74, 6) is 1.39. The molecule has 2 aliphatic rings. The molecule has 3 heterocycles. The number of aliphatic hydroxyl groups is 1. The Balaban J connectivity index is 1.47. The zero-order valence-corrected chi connectivity index (χ0v) is 22.2. The predicted octanol–water partition coefficient (Wildman–Crippen LogP) is 7.31. The minimum Gasteiger partial charge on any atom is -0.390 e. The molecule has 0 spiro atoms. The summed E-state index contributed by atoms with van der Waals surface area (Å²) in [5, 5.41) is 14.9. The van der Waals surface area contributed by atoms with Crippen LogP contribution < -0.4 is 4.90 Å². The number of imidazole rings is 1. The second-order valence-electron chi connectivity index (χ2n) is 10.9. The average molecular weight is 523 g/mol. The molecule has 1 atom stereocenters. The fourth-order valence-corrected chi connectivity index (χ4v) is 6.39. The summed E-state index contributed by atoms with van der Waals surface area (Å²) in [4.78, 5) is 7.50. The van der Waals surface area contributed by atoms with Crippen LogP contribution in [0.25, 0.3) is 22.2 Å². The number of hydrogen-bond donors (Lipinski definition) is 1. The lowest BCUT2D eigenvalue weighted by Crippen LogP contribution is -2.33. The lowest BCUT2D eigenvalue weighted by Gasteiger charge is -2.36. The SMILES string of the molecule is Cc1noc(C)c1-c1ccc2c(c1)nc([C@@H]1CCCN1c1ccc(Cl)c(F)c1)n2[C@H]1CC[C@@](C)(O)CC1. The topological polar surface area (TPSA) is 67.3 Å². The van der Waals surface area contributed by atoms with Crippen molar-refractivity contribution in [3.63, 3.8) is 0 Å². The smallest absolute Gasteiger partial charge is 0.143 e. The second kappa shape index (κ2) is 9.14. The first kappa shape index (κ1) is 24.4. The first-order chi connectivity index (χ1) is 17.7. The second-order valence-corrected chi connectivity index (χ2v) is 11.3. The summed E-state index contributed by atoms with van der Waals surface area (Å²) in [6.07, 6.45) is 5.23. The van der Waals surface area contributed by atoms with Crippen LogP contribution in [0.2, 0.25) is 5.02 Å². The van der Waals surface area contributed by atoms with Gasteiger partial charge in [0.2, 0.25) is 0 Å². The van der Waals surface area contributed by atoms with Crippen LogP contribution in [0, 0.1) is 19.7 Å². The predicted molar refractivity (Wildman–Crippen MR) is 144 cm³/mol. The molecule has 1 saturated heterocycles. The maximum absolute atomic E-state index is 14.4. The Kier molecular flexibility index (Phi) is 6.03. The molecule has 2 aromatic carbocycles. The van der Waals surface area contributed by atoms with Crippen molar-refractivity contribution in [1.29, 1.82) is 0 Å². The summed E-state index contributed by atoms with van der Waals surface area (Å²) in [7, 11) is 0. The number of hydrogen-bond acceptors (Lipinski definition) is 5. The Bertz CT molecular complexity index is 1450. The number of aromatic nitrogens is 3. The highest BCUT2D eigenvalue weighted by atomic mass is 35.5. The van der Waals surface area contributed by atoms with Gasteiger partial charge < -0.3 is 19.1 Å². The van der Waals surface area contributed by atoms with E-state index in [4.69, 9.17) is 21.1 Å². The number of anilines is 1. The van der Waals surface area contributed by atoms with Gasteiger partial charge in [0.05, 0.1) is 33.4 Å². The Morgan fingerprint density at radius 2 is 1.89 bits per heavy atom. The lowest BCUT2D eigenvalue weighted by molar-refractivity contribution is 0.00996. The number of fused-ring (bicyclic) bond motifs is 1. The van der Waals surface area contributed by atoms with Gasteiger partial charge in [0.1, 0.15) is 17.4 Å². The minimum atomic E-state index is -0.621. The van der Waals surface area contributed by atoms with Crippen molar-refractivity contribution in [2.75, 3.05) is 11.4 Å². The Morgan fingerprint density at radius 3 is 2.59 bits per heavy atom. The molecule has 4 aromatic rings. The molecule has 0 unspecified atom stereocenters. The average Bonchev–Trinajstić information content (AvgIpc) is 3.57. The highest BCUT2D eigenvalue weighted by Gasteiger charge is 2.36. The van der Waals surface area contributed by atoms with Gasteiger partial charge in [0.25, 0.3) is 0 Å². The Labute approximate surface area is 221 Å². The third-order valence-electron chi connectivity index (χ3n) is 8.22. The normalized spacial score (nSPS) is 24.3. The van der Waals surface area contributed by atoms with Gasteiger partial charge in [0, 0.05) is 23.8 Å². The molecule has 2 fully saturated rings. The van der Waals surface area contributed by atoms with Gasteiger partial charge in [-0.3, -0.25) is 0 Å². The van der Waals surface area contributed by atoms with Gasteiger partial charge in [0.15, 0.2) is 0 Å². The van der Waals surface area contributed by atoms with E-state index in [0.717, 1.165) is 90.2 Å². The fourth-order valence-electron chi connectivity index (χ4n) is 6.28. The first-order valence-electron chi connectivity index (χ1n) is 13.1. The molecule has 1 saturated carbocycles. The van der Waals surface area contributed by atoms with E-state index in [1.54, 1.807) is 6.07 Å². The number of nitrogens with zero attached hydrogens (tertiary/aromatic N) is 4. The molecule has 0 bridgehead atoms. The van der Waals surface area contributed by atoms with E-state index in [2.05, 4.69) is 32.8 Å². The van der Waals surface area contributed by atoms with Gasteiger partial charge in [-0.05, 0) is 95.2 Å². The van der Waals surface area contributed by atoms with Crippen molar-refractivity contribution in [3.05, 3.63) is 64.5 Å². The van der Waals surface area contributed by atoms with Gasteiger partial charge >= 0.3 is 0 Å². The van der Waals surface area contributed by atoms with Crippen molar-refractivity contribution >= 4 is 28.3 Å². The van der Waals surface area contributed by atoms with E-state index in [0.29, 0.717) is 0 Å². The van der Waals surface area contributed by atoms with Crippen molar-refractivity contribution < 1.29 is 14.0 Å². The van der Waals surface area contributed by atoms with Crippen LogP contribution in [0.15, 0.2) is 40.9 Å². The molecule has 6 nitrogen and oxygen atoms in total. The van der Waals surface area contributed by atoms with Crippen molar-refractivity contribution in [3.8, 4) is 11.1 Å². The van der Waals surface area contributed by atoms with Crippen LogP contribution in [0.4, 0.5) is 10.1 Å². The molecule has 0 amide bonds. The molecule has 0 radical (unpaired) electrons.